The number of nitrogens with zero attached hydrogens (tertiary/aromatic N) is 1. The molecule has 1 heterocycles. The van der Waals surface area contributed by atoms with Crippen molar-refractivity contribution in [2.75, 3.05) is 0 Å². The minimum absolute atomic E-state index is 0.446. The quantitative estimate of drug-likeness (QED) is 0.692. The van der Waals surface area contributed by atoms with E-state index in [1.807, 2.05) is 0 Å². The van der Waals surface area contributed by atoms with Crippen LogP contribution in [0.3, 0.4) is 0 Å². The van der Waals surface area contributed by atoms with Gasteiger partial charge in [-0.1, -0.05) is 0 Å². The summed E-state index contributed by atoms with van der Waals surface area (Å²) in [5.74, 6) is -1.73. The molecule has 66 valence electrons. The molecule has 0 bridgehead atoms. The second-order valence-corrected chi connectivity index (χ2v) is 3.53. The van der Waals surface area contributed by atoms with Gasteiger partial charge in [0.25, 0.3) is 0 Å². The lowest BCUT2D eigenvalue weighted by Gasteiger charge is -1.98. The van der Waals surface area contributed by atoms with E-state index in [0.29, 0.717) is 10.9 Å². The van der Waals surface area contributed by atoms with Crippen LogP contribution in [-0.4, -0.2) is 4.98 Å². The molecule has 2 rings (SSSR count). The Labute approximate surface area is 81.5 Å². The first-order chi connectivity index (χ1) is 6.16. The highest BCUT2D eigenvalue weighted by Gasteiger charge is 2.04. The molecule has 13 heavy (non-hydrogen) atoms. The van der Waals surface area contributed by atoms with Gasteiger partial charge in [-0.25, -0.2) is 8.78 Å². The minimum atomic E-state index is -0.873. The van der Waals surface area contributed by atoms with E-state index < -0.39 is 11.6 Å². The summed E-state index contributed by atoms with van der Waals surface area (Å²) in [5, 5.41) is 0.577. The van der Waals surface area contributed by atoms with Crippen LogP contribution in [0, 0.1) is 11.6 Å². The van der Waals surface area contributed by atoms with E-state index in [-0.39, 0.29) is 0 Å². The van der Waals surface area contributed by atoms with Crippen LogP contribution in [0.4, 0.5) is 8.78 Å². The molecular weight excluding hydrogens is 240 g/mol. The first kappa shape index (κ1) is 8.56. The molecule has 0 aliphatic heterocycles. The van der Waals surface area contributed by atoms with Crippen molar-refractivity contribution in [2.45, 2.75) is 0 Å². The Morgan fingerprint density at radius 2 is 1.77 bits per heavy atom. The summed E-state index contributed by atoms with van der Waals surface area (Å²) in [6.45, 7) is 0. The SMILES string of the molecule is Fc1cc2cc(Br)cnc2cc1F. The Balaban J connectivity index is 2.81. The molecule has 0 saturated carbocycles. The van der Waals surface area contributed by atoms with Crippen LogP contribution in [-0.2, 0) is 0 Å². The predicted molar refractivity (Wildman–Crippen MR) is 49.4 cm³/mol. The van der Waals surface area contributed by atoms with Crippen molar-refractivity contribution >= 4 is 26.8 Å². The molecule has 4 heteroatoms. The highest BCUT2D eigenvalue weighted by molar-refractivity contribution is 9.10. The standard InChI is InChI=1S/C9H4BrF2N/c10-6-1-5-2-7(11)8(12)3-9(5)13-4-6/h1-4H. The number of halogens is 3. The normalized spacial score (nSPS) is 10.7. The Morgan fingerprint density at radius 3 is 2.54 bits per heavy atom. The summed E-state index contributed by atoms with van der Waals surface area (Å²) in [5.41, 5.74) is 0.446. The lowest BCUT2D eigenvalue weighted by atomic mass is 10.2. The average Bonchev–Trinajstić information content (AvgIpc) is 2.08. The predicted octanol–water partition coefficient (Wildman–Crippen LogP) is 3.28. The van der Waals surface area contributed by atoms with Gasteiger partial charge in [0.2, 0.25) is 0 Å². The van der Waals surface area contributed by atoms with Gasteiger partial charge in [0.15, 0.2) is 11.6 Å². The van der Waals surface area contributed by atoms with Crippen molar-refractivity contribution in [1.82, 2.24) is 4.98 Å². The molecule has 0 spiro atoms. The summed E-state index contributed by atoms with van der Waals surface area (Å²) in [4.78, 5) is 3.93. The fourth-order valence-electron chi connectivity index (χ4n) is 1.10. The molecule has 1 aromatic heterocycles. The van der Waals surface area contributed by atoms with Gasteiger partial charge in [0.05, 0.1) is 5.52 Å². The Bertz CT molecular complexity index is 470. The van der Waals surface area contributed by atoms with E-state index in [2.05, 4.69) is 20.9 Å². The van der Waals surface area contributed by atoms with Crippen LogP contribution in [0.5, 0.6) is 0 Å². The summed E-state index contributed by atoms with van der Waals surface area (Å²) < 4.78 is 26.2. The molecule has 0 aliphatic carbocycles. The first-order valence-corrected chi connectivity index (χ1v) is 4.36. The zero-order valence-corrected chi connectivity index (χ0v) is 7.98. The van der Waals surface area contributed by atoms with Gasteiger partial charge in [0, 0.05) is 22.1 Å². The molecule has 1 aromatic carbocycles. The molecule has 0 amide bonds. The number of fused-ring (bicyclic) bond motifs is 1. The third-order valence-electron chi connectivity index (χ3n) is 1.69. The molecule has 0 aliphatic rings. The average molecular weight is 244 g/mol. The maximum absolute atomic E-state index is 12.8. The number of aromatic nitrogens is 1. The maximum Gasteiger partial charge on any atom is 0.161 e. The number of rotatable bonds is 0. The van der Waals surface area contributed by atoms with Crippen molar-refractivity contribution in [1.29, 1.82) is 0 Å². The molecular formula is C9H4BrF2N. The van der Waals surface area contributed by atoms with E-state index in [1.165, 1.54) is 0 Å². The molecule has 1 nitrogen and oxygen atoms in total. The largest absolute Gasteiger partial charge is 0.255 e. The minimum Gasteiger partial charge on any atom is -0.255 e. The highest BCUT2D eigenvalue weighted by Crippen LogP contribution is 2.19. The van der Waals surface area contributed by atoms with E-state index >= 15 is 0 Å². The van der Waals surface area contributed by atoms with Crippen molar-refractivity contribution in [2.24, 2.45) is 0 Å². The van der Waals surface area contributed by atoms with E-state index in [0.717, 1.165) is 16.6 Å². The number of hydrogen-bond acceptors (Lipinski definition) is 1. The fraction of sp³-hybridized carbons (Fsp3) is 0. The zero-order chi connectivity index (χ0) is 9.42. The van der Waals surface area contributed by atoms with Crippen LogP contribution in [0.25, 0.3) is 10.9 Å². The van der Waals surface area contributed by atoms with E-state index in [4.69, 9.17) is 0 Å². The number of benzene rings is 1. The Morgan fingerprint density at radius 1 is 1.08 bits per heavy atom. The smallest absolute Gasteiger partial charge is 0.161 e. The molecule has 0 N–H and O–H groups in total. The second-order valence-electron chi connectivity index (χ2n) is 2.61. The van der Waals surface area contributed by atoms with Crippen molar-refractivity contribution < 1.29 is 8.78 Å². The first-order valence-electron chi connectivity index (χ1n) is 3.57. The molecule has 2 aromatic rings. The van der Waals surface area contributed by atoms with Crippen molar-refractivity contribution in [3.8, 4) is 0 Å². The van der Waals surface area contributed by atoms with Gasteiger partial charge in [-0.05, 0) is 28.1 Å². The van der Waals surface area contributed by atoms with E-state index in [1.54, 1.807) is 12.3 Å². The summed E-state index contributed by atoms with van der Waals surface area (Å²) in [7, 11) is 0. The van der Waals surface area contributed by atoms with E-state index in [9.17, 15) is 8.78 Å². The fourth-order valence-corrected chi connectivity index (χ4v) is 1.45. The number of hydrogen-bond donors (Lipinski definition) is 0. The van der Waals surface area contributed by atoms with Gasteiger partial charge < -0.3 is 0 Å². The third-order valence-corrected chi connectivity index (χ3v) is 2.12. The van der Waals surface area contributed by atoms with Gasteiger partial charge in [-0.3, -0.25) is 4.98 Å². The molecule has 0 radical (unpaired) electrons. The topological polar surface area (TPSA) is 12.9 Å². The van der Waals surface area contributed by atoms with Gasteiger partial charge in [-0.15, -0.1) is 0 Å². The van der Waals surface area contributed by atoms with Crippen molar-refractivity contribution in [3.05, 3.63) is 40.5 Å². The third kappa shape index (κ3) is 1.54. The summed E-state index contributed by atoms with van der Waals surface area (Å²) in [6.07, 6.45) is 1.54. The van der Waals surface area contributed by atoms with Crippen LogP contribution >= 0.6 is 15.9 Å². The maximum atomic E-state index is 12.8. The van der Waals surface area contributed by atoms with Crippen molar-refractivity contribution in [3.63, 3.8) is 0 Å². The molecule has 0 atom stereocenters. The molecule has 0 unspecified atom stereocenters. The zero-order valence-electron chi connectivity index (χ0n) is 6.39. The van der Waals surface area contributed by atoms with Crippen LogP contribution in [0.2, 0.25) is 0 Å². The van der Waals surface area contributed by atoms with Crippen LogP contribution in [0.1, 0.15) is 0 Å². The van der Waals surface area contributed by atoms with Gasteiger partial charge >= 0.3 is 0 Å². The lowest BCUT2D eigenvalue weighted by molar-refractivity contribution is 0.510. The molecule has 0 fully saturated rings. The number of pyridine rings is 1. The second kappa shape index (κ2) is 3.03. The van der Waals surface area contributed by atoms with Crippen LogP contribution < -0.4 is 0 Å². The Kier molecular flexibility index (Phi) is 2.00. The monoisotopic (exact) mass is 243 g/mol. The Hall–Kier alpha value is -1.03. The summed E-state index contributed by atoms with van der Waals surface area (Å²) >= 11 is 3.20. The lowest BCUT2D eigenvalue weighted by Crippen LogP contribution is -1.86. The van der Waals surface area contributed by atoms with Crippen LogP contribution in [0.15, 0.2) is 28.9 Å². The molecule has 0 saturated heterocycles. The van der Waals surface area contributed by atoms with Gasteiger partial charge in [0.1, 0.15) is 0 Å². The highest BCUT2D eigenvalue weighted by atomic mass is 79.9. The van der Waals surface area contributed by atoms with Gasteiger partial charge in [-0.2, -0.15) is 0 Å². The summed E-state index contributed by atoms with van der Waals surface area (Å²) in [6, 6.07) is 3.89.